The van der Waals surface area contributed by atoms with E-state index in [1.54, 1.807) is 5.57 Å². The minimum atomic E-state index is -0.172. The van der Waals surface area contributed by atoms with Crippen molar-refractivity contribution < 1.29 is 14.6 Å². The molecule has 0 aromatic heterocycles. The topological polar surface area (TPSA) is 46.5 Å². The zero-order valence-corrected chi connectivity index (χ0v) is 32.6. The molecule has 0 amide bonds. The maximum absolute atomic E-state index is 12.8. The number of rotatable bonds is 21. The van der Waals surface area contributed by atoms with Crippen molar-refractivity contribution in [3.05, 3.63) is 23.8 Å². The average Bonchev–Trinajstić information content (AvgIpc) is 3.41. The third-order valence-corrected chi connectivity index (χ3v) is 14.3. The highest BCUT2D eigenvalue weighted by atomic mass is 16.5. The molecule has 3 fully saturated rings. The summed E-state index contributed by atoms with van der Waals surface area (Å²) < 4.78 is 6.11. The molecule has 0 aliphatic heterocycles. The summed E-state index contributed by atoms with van der Waals surface area (Å²) in [5, 5.41) is 10.3. The highest BCUT2D eigenvalue weighted by Crippen LogP contribution is 2.67. The molecule has 0 saturated heterocycles. The Bertz CT molecular complexity index is 1010. The van der Waals surface area contributed by atoms with E-state index >= 15 is 0 Å². The van der Waals surface area contributed by atoms with Crippen LogP contribution in [0.3, 0.4) is 0 Å². The Labute approximate surface area is 297 Å². The van der Waals surface area contributed by atoms with Gasteiger partial charge in [0, 0.05) is 12.8 Å². The molecule has 4 aliphatic rings. The molecule has 1 N–H and O–H groups in total. The fourth-order valence-corrected chi connectivity index (χ4v) is 11.4. The van der Waals surface area contributed by atoms with Gasteiger partial charge < -0.3 is 9.84 Å². The van der Waals surface area contributed by atoms with E-state index in [9.17, 15) is 9.90 Å². The summed E-state index contributed by atoms with van der Waals surface area (Å²) in [6.45, 7) is 14.8. The van der Waals surface area contributed by atoms with E-state index in [1.807, 2.05) is 0 Å². The molecule has 0 unspecified atom stereocenters. The van der Waals surface area contributed by atoms with Crippen LogP contribution < -0.4 is 0 Å². The highest BCUT2D eigenvalue weighted by molar-refractivity contribution is 5.69. The normalized spacial score (nSPS) is 32.8. The van der Waals surface area contributed by atoms with Gasteiger partial charge in [0.2, 0.25) is 0 Å². The summed E-state index contributed by atoms with van der Waals surface area (Å²) in [5.41, 5.74) is 2.48. The number of esters is 1. The molecule has 4 aliphatic carbocycles. The number of carbonyl (C=O) groups is 1. The summed E-state index contributed by atoms with van der Waals surface area (Å²) in [6, 6.07) is 0. The van der Waals surface area contributed by atoms with E-state index in [4.69, 9.17) is 4.74 Å². The number of fused-ring (bicyclic) bond motifs is 5. The monoisotopic (exact) mass is 667 g/mol. The second-order valence-electron chi connectivity index (χ2n) is 18.1. The molecule has 9 atom stereocenters. The van der Waals surface area contributed by atoms with Crippen LogP contribution in [0.25, 0.3) is 0 Å². The Hall–Kier alpha value is -1.09. The number of hydrogen-bond acceptors (Lipinski definition) is 3. The first-order chi connectivity index (χ1) is 23.1. The second kappa shape index (κ2) is 19.5. The smallest absolute Gasteiger partial charge is 0.306 e. The lowest BCUT2D eigenvalue weighted by molar-refractivity contribution is -0.151. The molecule has 276 valence electrons. The first-order valence-electron chi connectivity index (χ1n) is 21.3. The van der Waals surface area contributed by atoms with Crippen molar-refractivity contribution in [1.82, 2.24) is 0 Å². The van der Waals surface area contributed by atoms with Gasteiger partial charge >= 0.3 is 5.97 Å². The van der Waals surface area contributed by atoms with Crippen molar-refractivity contribution in [3.63, 3.8) is 0 Å². The van der Waals surface area contributed by atoms with Crippen molar-refractivity contribution in [2.24, 2.45) is 46.3 Å². The first-order valence-corrected chi connectivity index (χ1v) is 21.3. The molecular weight excluding hydrogens is 588 g/mol. The number of ether oxygens (including phenoxy) is 1. The van der Waals surface area contributed by atoms with Crippen molar-refractivity contribution >= 4 is 5.97 Å². The molecule has 3 saturated carbocycles. The molecule has 48 heavy (non-hydrogen) atoms. The quantitative estimate of drug-likeness (QED) is 0.0753. The van der Waals surface area contributed by atoms with E-state index in [2.05, 4.69) is 59.8 Å². The number of allylic oxidation sites excluding steroid dienone is 3. The van der Waals surface area contributed by atoms with Crippen molar-refractivity contribution in [1.29, 1.82) is 0 Å². The predicted molar refractivity (Wildman–Crippen MR) is 204 cm³/mol. The van der Waals surface area contributed by atoms with Crippen molar-refractivity contribution in [3.8, 4) is 0 Å². The maximum atomic E-state index is 12.8. The molecule has 0 radical (unpaired) electrons. The van der Waals surface area contributed by atoms with Gasteiger partial charge in [0.15, 0.2) is 0 Å². The van der Waals surface area contributed by atoms with Crippen molar-refractivity contribution in [2.75, 3.05) is 0 Å². The number of unbranched alkanes of at least 4 members (excludes halogenated alkanes) is 7. The molecule has 0 bridgehead atoms. The van der Waals surface area contributed by atoms with Gasteiger partial charge in [0.05, 0.1) is 6.10 Å². The number of hydrogen-bond donors (Lipinski definition) is 1. The fourth-order valence-electron chi connectivity index (χ4n) is 11.4. The average molecular weight is 667 g/mol. The zero-order chi connectivity index (χ0) is 34.6. The Morgan fingerprint density at radius 2 is 1.62 bits per heavy atom. The van der Waals surface area contributed by atoms with Gasteiger partial charge in [-0.15, -0.1) is 0 Å². The maximum Gasteiger partial charge on any atom is 0.306 e. The van der Waals surface area contributed by atoms with Gasteiger partial charge in [0.25, 0.3) is 0 Å². The van der Waals surface area contributed by atoms with Crippen LogP contribution >= 0.6 is 0 Å². The van der Waals surface area contributed by atoms with Gasteiger partial charge in [-0.25, -0.2) is 0 Å². The standard InChI is InChI=1S/C45H78O3/c1-7-8-9-10-11-13-16-22-37(46)23-17-14-12-15-18-24-43(47)48-38-29-31-44(5)36(33-38)25-26-39-41-28-27-40(35(4)21-19-20-34(2)3)45(41,6)32-30-42(39)44/h11,13,25,34-35,37-42,46H,7-10,12,14-24,26-33H2,1-6H3/b13-11-/t35-,37+,38+,39+,40-,41+,42+,44+,45-/m1/s1. The SMILES string of the molecule is CCCCC/C=C\CC[C@H](O)CCCCCCCC(=O)O[C@H]1CC[C@@]2(C)C(=CC[C@H]3[C@@H]4CC[C@H]([C@H](C)CCCC(C)C)[C@@]4(C)CC[C@@H]32)C1. The minimum Gasteiger partial charge on any atom is -0.462 e. The molecule has 0 aromatic carbocycles. The third-order valence-electron chi connectivity index (χ3n) is 14.3. The summed E-state index contributed by atoms with van der Waals surface area (Å²) in [5.74, 6) is 5.21. The van der Waals surface area contributed by atoms with Gasteiger partial charge in [-0.2, -0.15) is 0 Å². The fraction of sp³-hybridized carbons (Fsp3) is 0.889. The van der Waals surface area contributed by atoms with Crippen LogP contribution in [-0.4, -0.2) is 23.3 Å². The Balaban J connectivity index is 1.12. The predicted octanol–water partition coefficient (Wildman–Crippen LogP) is 12.9. The Kier molecular flexibility index (Phi) is 16.1. The lowest BCUT2D eigenvalue weighted by Gasteiger charge is -2.58. The molecular formula is C45H78O3. The van der Waals surface area contributed by atoms with Crippen LogP contribution in [0.15, 0.2) is 23.8 Å². The molecule has 3 heteroatoms. The van der Waals surface area contributed by atoms with E-state index in [-0.39, 0.29) is 18.2 Å². The molecule has 3 nitrogen and oxygen atoms in total. The molecule has 0 heterocycles. The Morgan fingerprint density at radius 1 is 0.854 bits per heavy atom. The lowest BCUT2D eigenvalue weighted by Crippen LogP contribution is -2.51. The first kappa shape index (κ1) is 39.7. The van der Waals surface area contributed by atoms with E-state index in [0.29, 0.717) is 17.3 Å². The minimum absolute atomic E-state index is 0.0176. The lowest BCUT2D eigenvalue weighted by atomic mass is 9.47. The summed E-state index contributed by atoms with van der Waals surface area (Å²) in [7, 11) is 0. The van der Waals surface area contributed by atoms with E-state index < -0.39 is 0 Å². The van der Waals surface area contributed by atoms with E-state index in [0.717, 1.165) is 99.7 Å². The van der Waals surface area contributed by atoms with Crippen LogP contribution in [0, 0.1) is 46.3 Å². The van der Waals surface area contributed by atoms with Gasteiger partial charge in [0.1, 0.15) is 6.10 Å². The van der Waals surface area contributed by atoms with E-state index in [1.165, 1.54) is 83.5 Å². The van der Waals surface area contributed by atoms with Gasteiger partial charge in [-0.1, -0.05) is 123 Å². The summed E-state index contributed by atoms with van der Waals surface area (Å²) in [6.07, 6.45) is 35.3. The van der Waals surface area contributed by atoms with Crippen LogP contribution in [0.4, 0.5) is 0 Å². The second-order valence-corrected chi connectivity index (χ2v) is 18.1. The van der Waals surface area contributed by atoms with Crippen LogP contribution in [0.2, 0.25) is 0 Å². The summed E-state index contributed by atoms with van der Waals surface area (Å²) >= 11 is 0. The Morgan fingerprint density at radius 3 is 2.42 bits per heavy atom. The highest BCUT2D eigenvalue weighted by Gasteiger charge is 2.59. The van der Waals surface area contributed by atoms with Gasteiger partial charge in [-0.05, 0) is 130 Å². The number of aliphatic hydroxyl groups is 1. The third kappa shape index (κ3) is 10.7. The molecule has 4 rings (SSSR count). The van der Waals surface area contributed by atoms with Gasteiger partial charge in [-0.3, -0.25) is 4.79 Å². The van der Waals surface area contributed by atoms with Crippen LogP contribution in [0.1, 0.15) is 196 Å². The number of aliphatic hydroxyl groups excluding tert-OH is 1. The summed E-state index contributed by atoms with van der Waals surface area (Å²) in [4.78, 5) is 12.8. The largest absolute Gasteiger partial charge is 0.462 e. The molecule has 0 spiro atoms. The van der Waals surface area contributed by atoms with Crippen LogP contribution in [0.5, 0.6) is 0 Å². The molecule has 0 aromatic rings. The zero-order valence-electron chi connectivity index (χ0n) is 32.6. The number of carbonyl (C=O) groups excluding carboxylic acids is 1. The van der Waals surface area contributed by atoms with Crippen LogP contribution in [-0.2, 0) is 9.53 Å². The van der Waals surface area contributed by atoms with Crippen molar-refractivity contribution in [2.45, 2.75) is 208 Å².